The van der Waals surface area contributed by atoms with Crippen molar-refractivity contribution in [2.45, 2.75) is 46.2 Å². The first-order chi connectivity index (χ1) is 15.9. The second kappa shape index (κ2) is 11.4. The maximum atomic E-state index is 14.5. The summed E-state index contributed by atoms with van der Waals surface area (Å²) in [5.74, 6) is -0.849. The summed E-state index contributed by atoms with van der Waals surface area (Å²) < 4.78 is 14.5. The van der Waals surface area contributed by atoms with Crippen molar-refractivity contribution in [3.05, 3.63) is 106 Å². The van der Waals surface area contributed by atoms with E-state index in [1.54, 1.807) is 18.2 Å². The summed E-state index contributed by atoms with van der Waals surface area (Å²) in [6.07, 6.45) is 0.487. The zero-order valence-electron chi connectivity index (χ0n) is 19.5. The van der Waals surface area contributed by atoms with Gasteiger partial charge >= 0.3 is 0 Å². The molecule has 0 heterocycles. The molecule has 3 aromatic rings. The number of carbonyl (C=O) groups excluding carboxylic acids is 2. The zero-order valence-corrected chi connectivity index (χ0v) is 19.5. The number of likely N-dealkylation sites (N-methyl/N-ethyl adjacent to an activating group) is 1. The molecule has 33 heavy (non-hydrogen) atoms. The first-order valence-corrected chi connectivity index (χ1v) is 11.3. The number of nitrogens with one attached hydrogen (secondary N) is 1. The van der Waals surface area contributed by atoms with Crippen LogP contribution < -0.4 is 5.32 Å². The van der Waals surface area contributed by atoms with Gasteiger partial charge in [-0.25, -0.2) is 4.39 Å². The molecule has 4 nitrogen and oxygen atoms in total. The van der Waals surface area contributed by atoms with E-state index in [1.165, 1.54) is 11.0 Å². The summed E-state index contributed by atoms with van der Waals surface area (Å²) in [6.45, 7) is 6.29. The Morgan fingerprint density at radius 2 is 1.55 bits per heavy atom. The molecule has 0 bridgehead atoms. The first-order valence-electron chi connectivity index (χ1n) is 11.3. The average Bonchev–Trinajstić information content (AvgIpc) is 2.77. The summed E-state index contributed by atoms with van der Waals surface area (Å²) in [4.78, 5) is 28.3. The number of halogens is 1. The summed E-state index contributed by atoms with van der Waals surface area (Å²) in [5.41, 5.74) is 4.34. The van der Waals surface area contributed by atoms with Gasteiger partial charge in [-0.3, -0.25) is 9.59 Å². The number of nitrogens with zero attached hydrogens (tertiary/aromatic N) is 1. The Bertz CT molecular complexity index is 1080. The van der Waals surface area contributed by atoms with Gasteiger partial charge in [0.05, 0.1) is 6.42 Å². The van der Waals surface area contributed by atoms with Gasteiger partial charge in [0.2, 0.25) is 11.8 Å². The van der Waals surface area contributed by atoms with Gasteiger partial charge in [0.15, 0.2) is 0 Å². The van der Waals surface area contributed by atoms with E-state index in [9.17, 15) is 14.0 Å². The fourth-order valence-corrected chi connectivity index (χ4v) is 4.10. The van der Waals surface area contributed by atoms with Crippen molar-refractivity contribution < 1.29 is 14.0 Å². The van der Waals surface area contributed by atoms with E-state index >= 15 is 0 Å². The fraction of sp³-hybridized carbons (Fsp3) is 0.286. The Hall–Kier alpha value is -3.47. The second-order valence-electron chi connectivity index (χ2n) is 8.39. The Labute approximate surface area is 195 Å². The van der Waals surface area contributed by atoms with Crippen LogP contribution in [0.15, 0.2) is 72.8 Å². The minimum Gasteiger partial charge on any atom is -0.355 e. The van der Waals surface area contributed by atoms with E-state index in [4.69, 9.17) is 0 Å². The van der Waals surface area contributed by atoms with Gasteiger partial charge < -0.3 is 10.2 Å². The number of aryl methyl sites for hydroxylation is 2. The molecule has 0 spiro atoms. The van der Waals surface area contributed by atoms with E-state index in [1.807, 2.05) is 63.2 Å². The van der Waals surface area contributed by atoms with Gasteiger partial charge in [0, 0.05) is 25.1 Å². The van der Waals surface area contributed by atoms with Crippen LogP contribution in [0.3, 0.4) is 0 Å². The standard InChI is InChI=1S/C28H31FN2O2/c1-4-30-28(33)26(17-22-10-6-5-7-11-22)31(19-24-12-8-9-13-25(24)29)27(32)18-23-15-20(2)14-21(3)16-23/h5-16,26H,4,17-19H2,1-3H3,(H,30,33)/t26-/m0/s1. The van der Waals surface area contributed by atoms with Crippen molar-refractivity contribution in [3.8, 4) is 0 Å². The highest BCUT2D eigenvalue weighted by Gasteiger charge is 2.30. The third kappa shape index (κ3) is 6.75. The predicted octanol–water partition coefficient (Wildman–Crippen LogP) is 4.76. The molecule has 0 aliphatic carbocycles. The molecule has 5 heteroatoms. The summed E-state index contributed by atoms with van der Waals surface area (Å²) >= 11 is 0. The van der Waals surface area contributed by atoms with Gasteiger partial charge in [0.1, 0.15) is 11.9 Å². The fourth-order valence-electron chi connectivity index (χ4n) is 4.10. The summed E-state index contributed by atoms with van der Waals surface area (Å²) in [6, 6.07) is 21.2. The Morgan fingerprint density at radius 1 is 0.909 bits per heavy atom. The number of amides is 2. The molecule has 0 aliphatic heterocycles. The number of rotatable bonds is 9. The van der Waals surface area contributed by atoms with Crippen molar-refractivity contribution in [2.24, 2.45) is 0 Å². The molecule has 1 atom stereocenters. The van der Waals surface area contributed by atoms with Crippen LogP contribution in [0.4, 0.5) is 4.39 Å². The molecule has 0 saturated heterocycles. The second-order valence-corrected chi connectivity index (χ2v) is 8.39. The van der Waals surface area contributed by atoms with E-state index in [2.05, 4.69) is 11.4 Å². The lowest BCUT2D eigenvalue weighted by molar-refractivity contribution is -0.140. The molecule has 0 saturated carbocycles. The van der Waals surface area contributed by atoms with Crippen LogP contribution in [0, 0.1) is 19.7 Å². The molecule has 3 aromatic carbocycles. The van der Waals surface area contributed by atoms with Crippen LogP contribution in [0.1, 0.15) is 34.7 Å². The van der Waals surface area contributed by atoms with Crippen LogP contribution in [-0.2, 0) is 29.0 Å². The van der Waals surface area contributed by atoms with Crippen LogP contribution in [0.5, 0.6) is 0 Å². The molecule has 3 rings (SSSR count). The third-order valence-corrected chi connectivity index (χ3v) is 5.56. The number of benzene rings is 3. The lowest BCUT2D eigenvalue weighted by atomic mass is 10.00. The molecule has 0 fully saturated rings. The van der Waals surface area contributed by atoms with Crippen molar-refractivity contribution in [3.63, 3.8) is 0 Å². The number of carbonyl (C=O) groups is 2. The average molecular weight is 447 g/mol. The van der Waals surface area contributed by atoms with Crippen LogP contribution in [0.25, 0.3) is 0 Å². The largest absolute Gasteiger partial charge is 0.355 e. The minimum absolute atomic E-state index is 0.0188. The van der Waals surface area contributed by atoms with Crippen molar-refractivity contribution in [1.29, 1.82) is 0 Å². The molecule has 1 N–H and O–H groups in total. The van der Waals surface area contributed by atoms with E-state index in [0.717, 1.165) is 22.3 Å². The molecule has 0 aromatic heterocycles. The maximum Gasteiger partial charge on any atom is 0.243 e. The lowest BCUT2D eigenvalue weighted by Crippen LogP contribution is -2.51. The molecule has 0 unspecified atom stereocenters. The van der Waals surface area contributed by atoms with Crippen molar-refractivity contribution >= 4 is 11.8 Å². The van der Waals surface area contributed by atoms with Gasteiger partial charge in [-0.1, -0.05) is 77.9 Å². The topological polar surface area (TPSA) is 49.4 Å². The van der Waals surface area contributed by atoms with Gasteiger partial charge in [0.25, 0.3) is 0 Å². The zero-order chi connectivity index (χ0) is 23.8. The van der Waals surface area contributed by atoms with E-state index in [0.29, 0.717) is 18.5 Å². The molecular formula is C28H31FN2O2. The molecule has 172 valence electrons. The van der Waals surface area contributed by atoms with Gasteiger partial charge in [-0.15, -0.1) is 0 Å². The van der Waals surface area contributed by atoms with E-state index in [-0.39, 0.29) is 24.8 Å². The molecule has 0 aliphatic rings. The summed E-state index contributed by atoms with van der Waals surface area (Å²) in [7, 11) is 0. The third-order valence-electron chi connectivity index (χ3n) is 5.56. The van der Waals surface area contributed by atoms with Crippen molar-refractivity contribution in [1.82, 2.24) is 10.2 Å². The Morgan fingerprint density at radius 3 is 2.18 bits per heavy atom. The van der Waals surface area contributed by atoms with Crippen LogP contribution in [-0.4, -0.2) is 29.3 Å². The SMILES string of the molecule is CCNC(=O)[C@H](Cc1ccccc1)N(Cc1ccccc1F)C(=O)Cc1cc(C)cc(C)c1. The summed E-state index contributed by atoms with van der Waals surface area (Å²) in [5, 5.41) is 2.86. The lowest BCUT2D eigenvalue weighted by Gasteiger charge is -2.31. The highest BCUT2D eigenvalue weighted by molar-refractivity contribution is 5.88. The first kappa shape index (κ1) is 24.2. The van der Waals surface area contributed by atoms with Gasteiger partial charge in [-0.05, 0) is 38.0 Å². The maximum absolute atomic E-state index is 14.5. The molecule has 2 amide bonds. The minimum atomic E-state index is -0.759. The smallest absolute Gasteiger partial charge is 0.243 e. The van der Waals surface area contributed by atoms with Crippen LogP contribution in [0.2, 0.25) is 0 Å². The Balaban J connectivity index is 1.98. The quantitative estimate of drug-likeness (QED) is 0.515. The van der Waals surface area contributed by atoms with Gasteiger partial charge in [-0.2, -0.15) is 0 Å². The Kier molecular flexibility index (Phi) is 8.36. The van der Waals surface area contributed by atoms with E-state index < -0.39 is 11.9 Å². The normalized spacial score (nSPS) is 11.6. The van der Waals surface area contributed by atoms with Crippen molar-refractivity contribution in [2.75, 3.05) is 6.54 Å². The molecule has 0 radical (unpaired) electrons. The number of hydrogen-bond donors (Lipinski definition) is 1. The number of hydrogen-bond acceptors (Lipinski definition) is 2. The highest BCUT2D eigenvalue weighted by atomic mass is 19.1. The monoisotopic (exact) mass is 446 g/mol. The predicted molar refractivity (Wildman–Crippen MR) is 129 cm³/mol. The van der Waals surface area contributed by atoms with Crippen LogP contribution >= 0.6 is 0 Å². The highest BCUT2D eigenvalue weighted by Crippen LogP contribution is 2.19. The molecular weight excluding hydrogens is 415 g/mol.